The molecule has 0 atom stereocenters. The van der Waals surface area contributed by atoms with Gasteiger partial charge in [-0.25, -0.2) is 9.59 Å². The summed E-state index contributed by atoms with van der Waals surface area (Å²) < 4.78 is 8.93. The number of ether oxygens (including phenoxy) is 2. The Balaban J connectivity index is 4.54. The smallest absolute Gasteiger partial charge is 0.354 e. The summed E-state index contributed by atoms with van der Waals surface area (Å²) in [6, 6.07) is 0. The lowest BCUT2D eigenvalue weighted by Gasteiger charge is -2.05. The van der Waals surface area contributed by atoms with Crippen molar-refractivity contribution in [3.05, 3.63) is 36.6 Å². The van der Waals surface area contributed by atoms with Crippen molar-refractivity contribution in [1.29, 1.82) is 0 Å². The van der Waals surface area contributed by atoms with Crippen molar-refractivity contribution in [2.45, 2.75) is 0 Å². The van der Waals surface area contributed by atoms with Crippen molar-refractivity contribution in [3.63, 3.8) is 0 Å². The van der Waals surface area contributed by atoms with Gasteiger partial charge in [-0.3, -0.25) is 0 Å². The summed E-state index contributed by atoms with van der Waals surface area (Å²) in [5.74, 6) is -1.01. The van der Waals surface area contributed by atoms with Gasteiger partial charge in [0.2, 0.25) is 0 Å². The van der Waals surface area contributed by atoms with Gasteiger partial charge < -0.3 is 14.8 Å². The SMILES string of the molecule is C=CCN/C(=C/C=C/C(=O)OC)C(=O)OC. The van der Waals surface area contributed by atoms with Gasteiger partial charge in [0.25, 0.3) is 0 Å². The van der Waals surface area contributed by atoms with Gasteiger partial charge in [0, 0.05) is 12.6 Å². The van der Waals surface area contributed by atoms with Crippen molar-refractivity contribution in [3.8, 4) is 0 Å². The van der Waals surface area contributed by atoms with Crippen LogP contribution in [0.15, 0.2) is 36.6 Å². The standard InChI is InChI=1S/C11H15NO4/c1-4-8-12-9(11(14)16-3)6-5-7-10(13)15-2/h4-7,12H,1,8H2,2-3H3/b7-5+,9-6+. The molecule has 0 saturated heterocycles. The molecular weight excluding hydrogens is 210 g/mol. The molecule has 0 bridgehead atoms. The van der Waals surface area contributed by atoms with Gasteiger partial charge in [0.15, 0.2) is 0 Å². The van der Waals surface area contributed by atoms with Gasteiger partial charge >= 0.3 is 11.9 Å². The topological polar surface area (TPSA) is 64.6 Å². The molecular formula is C11H15NO4. The van der Waals surface area contributed by atoms with E-state index in [9.17, 15) is 9.59 Å². The van der Waals surface area contributed by atoms with Gasteiger partial charge in [-0.2, -0.15) is 0 Å². The monoisotopic (exact) mass is 225 g/mol. The second-order valence-electron chi connectivity index (χ2n) is 2.62. The maximum absolute atomic E-state index is 11.2. The van der Waals surface area contributed by atoms with E-state index in [1.54, 1.807) is 6.08 Å². The second kappa shape index (κ2) is 8.28. The maximum atomic E-state index is 11.2. The molecule has 0 rings (SSSR count). The molecule has 0 aromatic heterocycles. The van der Waals surface area contributed by atoms with Crippen LogP contribution in [0.1, 0.15) is 0 Å². The van der Waals surface area contributed by atoms with Crippen LogP contribution in [-0.4, -0.2) is 32.7 Å². The molecule has 0 amide bonds. The molecule has 5 heteroatoms. The van der Waals surface area contributed by atoms with Crippen molar-refractivity contribution in [2.24, 2.45) is 0 Å². The summed E-state index contributed by atoms with van der Waals surface area (Å²) in [6.07, 6.45) is 5.61. The first kappa shape index (κ1) is 14.0. The molecule has 0 spiro atoms. The quantitative estimate of drug-likeness (QED) is 0.309. The zero-order valence-electron chi connectivity index (χ0n) is 9.36. The van der Waals surface area contributed by atoms with E-state index in [1.165, 1.54) is 32.4 Å². The molecule has 0 saturated carbocycles. The fourth-order valence-electron chi connectivity index (χ4n) is 0.782. The molecule has 1 N–H and O–H groups in total. The number of allylic oxidation sites excluding steroid dienone is 2. The molecule has 0 aliphatic carbocycles. The van der Waals surface area contributed by atoms with Crippen molar-refractivity contribution in [1.82, 2.24) is 5.32 Å². The first-order valence-corrected chi connectivity index (χ1v) is 4.55. The maximum Gasteiger partial charge on any atom is 0.354 e. The number of esters is 2. The number of rotatable bonds is 6. The van der Waals surface area contributed by atoms with Crippen LogP contribution >= 0.6 is 0 Å². The average Bonchev–Trinajstić information content (AvgIpc) is 2.32. The van der Waals surface area contributed by atoms with Gasteiger partial charge in [0.1, 0.15) is 5.70 Å². The Morgan fingerprint density at radius 1 is 1.31 bits per heavy atom. The molecule has 88 valence electrons. The molecule has 0 aliphatic rings. The molecule has 0 aromatic rings. The number of hydrogen-bond donors (Lipinski definition) is 1. The molecule has 16 heavy (non-hydrogen) atoms. The predicted molar refractivity (Wildman–Crippen MR) is 59.5 cm³/mol. The highest BCUT2D eigenvalue weighted by Crippen LogP contribution is 1.94. The van der Waals surface area contributed by atoms with E-state index in [4.69, 9.17) is 0 Å². The fraction of sp³-hybridized carbons (Fsp3) is 0.273. The van der Waals surface area contributed by atoms with E-state index in [0.717, 1.165) is 0 Å². The molecule has 5 nitrogen and oxygen atoms in total. The Bertz CT molecular complexity index is 318. The van der Waals surface area contributed by atoms with Gasteiger partial charge in [0.05, 0.1) is 14.2 Å². The summed E-state index contributed by atoms with van der Waals surface area (Å²) >= 11 is 0. The van der Waals surface area contributed by atoms with Gasteiger partial charge in [-0.15, -0.1) is 6.58 Å². The Morgan fingerprint density at radius 2 is 2.00 bits per heavy atom. The van der Waals surface area contributed by atoms with E-state index in [-0.39, 0.29) is 5.70 Å². The number of methoxy groups -OCH3 is 2. The Labute approximate surface area is 94.4 Å². The largest absolute Gasteiger partial charge is 0.466 e. The first-order valence-electron chi connectivity index (χ1n) is 4.55. The summed E-state index contributed by atoms with van der Waals surface area (Å²) in [6.45, 7) is 3.93. The van der Waals surface area contributed by atoms with Crippen LogP contribution < -0.4 is 5.32 Å². The highest BCUT2D eigenvalue weighted by molar-refractivity contribution is 5.88. The van der Waals surface area contributed by atoms with E-state index in [1.807, 2.05) is 0 Å². The van der Waals surface area contributed by atoms with Crippen LogP contribution in [0.3, 0.4) is 0 Å². The van der Waals surface area contributed by atoms with Crippen LogP contribution in [0.2, 0.25) is 0 Å². The molecule has 0 unspecified atom stereocenters. The molecule has 0 radical (unpaired) electrons. The number of nitrogens with one attached hydrogen (secondary N) is 1. The minimum atomic E-state index is -0.517. The third-order valence-electron chi connectivity index (χ3n) is 1.54. The Morgan fingerprint density at radius 3 is 2.50 bits per heavy atom. The van der Waals surface area contributed by atoms with E-state index in [2.05, 4.69) is 21.4 Å². The van der Waals surface area contributed by atoms with Gasteiger partial charge in [-0.05, 0) is 6.08 Å². The highest BCUT2D eigenvalue weighted by atomic mass is 16.5. The Kier molecular flexibility index (Phi) is 7.23. The van der Waals surface area contributed by atoms with Crippen LogP contribution in [0.4, 0.5) is 0 Å². The second-order valence-corrected chi connectivity index (χ2v) is 2.62. The first-order chi connectivity index (χ1) is 7.65. The lowest BCUT2D eigenvalue weighted by atomic mass is 10.3. The number of hydrogen-bond acceptors (Lipinski definition) is 5. The summed E-state index contributed by atoms with van der Waals surface area (Å²) in [7, 11) is 2.54. The van der Waals surface area contributed by atoms with E-state index in [0.29, 0.717) is 6.54 Å². The normalized spacial score (nSPS) is 11.0. The minimum Gasteiger partial charge on any atom is -0.466 e. The van der Waals surface area contributed by atoms with Crippen molar-refractivity contribution < 1.29 is 19.1 Å². The number of carbonyl (C=O) groups excluding carboxylic acids is 2. The molecule has 0 aliphatic heterocycles. The van der Waals surface area contributed by atoms with Crippen LogP contribution in [0.5, 0.6) is 0 Å². The van der Waals surface area contributed by atoms with Gasteiger partial charge in [-0.1, -0.05) is 12.2 Å². The van der Waals surface area contributed by atoms with E-state index < -0.39 is 11.9 Å². The van der Waals surface area contributed by atoms with Crippen molar-refractivity contribution >= 4 is 11.9 Å². The zero-order valence-corrected chi connectivity index (χ0v) is 9.36. The number of carbonyl (C=O) groups is 2. The third-order valence-corrected chi connectivity index (χ3v) is 1.54. The molecule has 0 aromatic carbocycles. The summed E-state index contributed by atoms with van der Waals surface area (Å²) in [5, 5.41) is 2.78. The van der Waals surface area contributed by atoms with E-state index >= 15 is 0 Å². The fourth-order valence-corrected chi connectivity index (χ4v) is 0.782. The Hall–Kier alpha value is -2.04. The minimum absolute atomic E-state index is 0.238. The summed E-state index contributed by atoms with van der Waals surface area (Å²) in [4.78, 5) is 22.0. The molecule has 0 fully saturated rings. The average molecular weight is 225 g/mol. The lowest BCUT2D eigenvalue weighted by Crippen LogP contribution is -2.21. The molecule has 0 heterocycles. The predicted octanol–water partition coefficient (Wildman–Crippen LogP) is 0.548. The highest BCUT2D eigenvalue weighted by Gasteiger charge is 2.06. The van der Waals surface area contributed by atoms with Crippen molar-refractivity contribution in [2.75, 3.05) is 20.8 Å². The van der Waals surface area contributed by atoms with Crippen LogP contribution in [0, 0.1) is 0 Å². The van der Waals surface area contributed by atoms with Crippen LogP contribution in [0.25, 0.3) is 0 Å². The zero-order chi connectivity index (χ0) is 12.4. The lowest BCUT2D eigenvalue weighted by molar-refractivity contribution is -0.137. The third kappa shape index (κ3) is 5.64. The summed E-state index contributed by atoms with van der Waals surface area (Å²) in [5.41, 5.74) is 0.238. The van der Waals surface area contributed by atoms with Crippen LogP contribution in [-0.2, 0) is 19.1 Å².